The average Bonchev–Trinajstić information content (AvgIpc) is 2.72. The Morgan fingerprint density at radius 1 is 1.58 bits per heavy atom. The Labute approximate surface area is 119 Å². The molecule has 0 aromatic carbocycles. The van der Waals surface area contributed by atoms with Crippen molar-refractivity contribution in [3.63, 3.8) is 0 Å². The van der Waals surface area contributed by atoms with Gasteiger partial charge in [0, 0.05) is 31.9 Å². The van der Waals surface area contributed by atoms with E-state index >= 15 is 0 Å². The summed E-state index contributed by atoms with van der Waals surface area (Å²) in [5.74, 6) is 0.0342. The van der Waals surface area contributed by atoms with Gasteiger partial charge in [-0.25, -0.2) is 0 Å². The second-order valence-electron chi connectivity index (χ2n) is 4.99. The summed E-state index contributed by atoms with van der Waals surface area (Å²) in [7, 11) is 0. The summed E-state index contributed by atoms with van der Waals surface area (Å²) in [6, 6.07) is 2.07. The zero-order chi connectivity index (χ0) is 13.8. The highest BCUT2D eigenvalue weighted by molar-refractivity contribution is 6.31. The minimum atomic E-state index is 0.0342. The molecule has 1 amide bonds. The molecular weight excluding hydrogens is 264 g/mol. The van der Waals surface area contributed by atoms with Crippen LogP contribution in [0.3, 0.4) is 0 Å². The molecule has 1 N–H and O–H groups in total. The molecule has 0 unspecified atom stereocenters. The van der Waals surface area contributed by atoms with E-state index in [2.05, 4.69) is 0 Å². The van der Waals surface area contributed by atoms with Gasteiger partial charge in [0.25, 0.3) is 5.91 Å². The molecule has 0 radical (unpaired) electrons. The number of hydrogen-bond acceptors (Lipinski definition) is 2. The summed E-state index contributed by atoms with van der Waals surface area (Å²) < 4.78 is 1.88. The van der Waals surface area contributed by atoms with E-state index in [1.807, 2.05) is 16.4 Å². The van der Waals surface area contributed by atoms with Crippen LogP contribution in [0.15, 0.2) is 12.3 Å². The third-order valence-corrected chi connectivity index (χ3v) is 3.96. The van der Waals surface area contributed by atoms with Gasteiger partial charge in [-0.15, -0.1) is 0 Å². The van der Waals surface area contributed by atoms with Crippen LogP contribution in [0.2, 0.25) is 5.02 Å². The molecule has 1 heterocycles. The normalized spacial score (nSPS) is 15.3. The molecular formula is C14H21ClN2O2. The number of amides is 1. The smallest absolute Gasteiger partial charge is 0.270 e. The van der Waals surface area contributed by atoms with Crippen molar-refractivity contribution in [1.82, 2.24) is 9.47 Å². The zero-order valence-corrected chi connectivity index (χ0v) is 12.1. The summed E-state index contributed by atoms with van der Waals surface area (Å²) in [5, 5.41) is 9.58. The Morgan fingerprint density at radius 2 is 2.32 bits per heavy atom. The third-order valence-electron chi connectivity index (χ3n) is 3.76. The number of rotatable bonds is 6. The molecule has 0 spiro atoms. The lowest BCUT2D eigenvalue weighted by atomic mass is 9.91. The first-order valence-electron chi connectivity index (χ1n) is 6.95. The van der Waals surface area contributed by atoms with Gasteiger partial charge in [0.2, 0.25) is 0 Å². The molecule has 2 rings (SSSR count). The lowest BCUT2D eigenvalue weighted by Gasteiger charge is -2.37. The van der Waals surface area contributed by atoms with E-state index in [1.165, 1.54) is 6.42 Å². The average molecular weight is 285 g/mol. The molecule has 0 bridgehead atoms. The van der Waals surface area contributed by atoms with E-state index in [0.717, 1.165) is 19.4 Å². The number of carbonyl (C=O) groups excluding carboxylic acids is 1. The second-order valence-corrected chi connectivity index (χ2v) is 5.43. The van der Waals surface area contributed by atoms with Gasteiger partial charge in [-0.1, -0.05) is 11.6 Å². The first-order valence-corrected chi connectivity index (χ1v) is 7.32. The molecule has 0 saturated heterocycles. The minimum absolute atomic E-state index is 0.0342. The summed E-state index contributed by atoms with van der Waals surface area (Å²) in [4.78, 5) is 14.5. The highest BCUT2D eigenvalue weighted by Crippen LogP contribution is 2.27. The van der Waals surface area contributed by atoms with Crippen LogP contribution in [-0.4, -0.2) is 39.7 Å². The summed E-state index contributed by atoms with van der Waals surface area (Å²) in [6.07, 6.45) is 5.74. The molecule has 1 aliphatic rings. The first-order chi connectivity index (χ1) is 9.17. The number of aliphatic hydroxyl groups excluding tert-OH is 1. The maximum atomic E-state index is 12.6. The Morgan fingerprint density at radius 3 is 2.84 bits per heavy atom. The van der Waals surface area contributed by atoms with Crippen LogP contribution < -0.4 is 0 Å². The number of aromatic nitrogens is 1. The lowest BCUT2D eigenvalue weighted by Crippen LogP contribution is -2.45. The number of nitrogens with zero attached hydrogens (tertiary/aromatic N) is 2. The van der Waals surface area contributed by atoms with Crippen molar-refractivity contribution < 1.29 is 9.90 Å². The van der Waals surface area contributed by atoms with E-state index in [0.29, 0.717) is 29.7 Å². The van der Waals surface area contributed by atoms with E-state index < -0.39 is 0 Å². The van der Waals surface area contributed by atoms with Crippen molar-refractivity contribution in [1.29, 1.82) is 0 Å². The maximum Gasteiger partial charge on any atom is 0.270 e. The Balaban J connectivity index is 2.17. The van der Waals surface area contributed by atoms with Crippen LogP contribution in [0.4, 0.5) is 0 Å². The summed E-state index contributed by atoms with van der Waals surface area (Å²) >= 11 is 5.99. The SMILES string of the molecule is CCn1cc(Cl)cc1C(=O)N(CCCO)C1CCC1. The molecule has 1 aromatic rings. The molecule has 5 heteroatoms. The molecule has 1 aliphatic carbocycles. The minimum Gasteiger partial charge on any atom is -0.396 e. The van der Waals surface area contributed by atoms with Gasteiger partial charge < -0.3 is 14.6 Å². The second kappa shape index (κ2) is 6.44. The van der Waals surface area contributed by atoms with Gasteiger partial charge in [0.05, 0.1) is 5.02 Å². The number of aliphatic hydroxyl groups is 1. The molecule has 106 valence electrons. The fraction of sp³-hybridized carbons (Fsp3) is 0.643. The zero-order valence-electron chi connectivity index (χ0n) is 11.3. The predicted octanol–water partition coefficient (Wildman–Crippen LogP) is 2.54. The number of halogens is 1. The van der Waals surface area contributed by atoms with E-state index in [1.54, 1.807) is 12.3 Å². The van der Waals surface area contributed by atoms with Crippen molar-refractivity contribution in [2.75, 3.05) is 13.2 Å². The molecule has 19 heavy (non-hydrogen) atoms. The van der Waals surface area contributed by atoms with E-state index in [4.69, 9.17) is 16.7 Å². The molecule has 1 aromatic heterocycles. The van der Waals surface area contributed by atoms with E-state index in [9.17, 15) is 4.79 Å². The monoisotopic (exact) mass is 284 g/mol. The standard InChI is InChI=1S/C14H21ClN2O2/c1-2-16-10-11(15)9-13(16)14(19)17(7-4-8-18)12-5-3-6-12/h9-10,12,18H,2-8H2,1H3. The third kappa shape index (κ3) is 3.12. The highest BCUT2D eigenvalue weighted by atomic mass is 35.5. The Hall–Kier alpha value is -1.00. The van der Waals surface area contributed by atoms with Crippen LogP contribution in [-0.2, 0) is 6.54 Å². The maximum absolute atomic E-state index is 12.6. The van der Waals surface area contributed by atoms with E-state index in [-0.39, 0.29) is 12.5 Å². The topological polar surface area (TPSA) is 45.5 Å². The van der Waals surface area contributed by atoms with Crippen molar-refractivity contribution in [3.8, 4) is 0 Å². The quantitative estimate of drug-likeness (QED) is 0.872. The fourth-order valence-electron chi connectivity index (χ4n) is 2.45. The fourth-order valence-corrected chi connectivity index (χ4v) is 2.67. The van der Waals surface area contributed by atoms with Crippen molar-refractivity contribution >= 4 is 17.5 Å². The highest BCUT2D eigenvalue weighted by Gasteiger charge is 2.30. The van der Waals surface area contributed by atoms with Gasteiger partial charge in [-0.05, 0) is 38.7 Å². The molecule has 1 fully saturated rings. The van der Waals surface area contributed by atoms with Gasteiger partial charge in [0.1, 0.15) is 5.69 Å². The van der Waals surface area contributed by atoms with Gasteiger partial charge in [0.15, 0.2) is 0 Å². The first kappa shape index (κ1) is 14.4. The van der Waals surface area contributed by atoms with Gasteiger partial charge in [-0.2, -0.15) is 0 Å². The van der Waals surface area contributed by atoms with Crippen LogP contribution >= 0.6 is 11.6 Å². The lowest BCUT2D eigenvalue weighted by molar-refractivity contribution is 0.0551. The Kier molecular flexibility index (Phi) is 4.88. The summed E-state index contributed by atoms with van der Waals surface area (Å²) in [6.45, 7) is 3.46. The molecule has 0 atom stereocenters. The van der Waals surface area contributed by atoms with Crippen LogP contribution in [0.1, 0.15) is 43.1 Å². The number of carbonyl (C=O) groups is 1. The molecule has 4 nitrogen and oxygen atoms in total. The van der Waals surface area contributed by atoms with Crippen molar-refractivity contribution in [2.45, 2.75) is 45.2 Å². The molecule has 1 saturated carbocycles. The van der Waals surface area contributed by atoms with Crippen molar-refractivity contribution in [3.05, 3.63) is 23.0 Å². The van der Waals surface area contributed by atoms with Crippen LogP contribution in [0, 0.1) is 0 Å². The van der Waals surface area contributed by atoms with Crippen LogP contribution in [0.25, 0.3) is 0 Å². The predicted molar refractivity (Wildman–Crippen MR) is 75.5 cm³/mol. The Bertz CT molecular complexity index is 441. The van der Waals surface area contributed by atoms with Crippen molar-refractivity contribution in [2.24, 2.45) is 0 Å². The molecule has 0 aliphatic heterocycles. The van der Waals surface area contributed by atoms with Gasteiger partial charge in [-0.3, -0.25) is 4.79 Å². The summed E-state index contributed by atoms with van der Waals surface area (Å²) in [5.41, 5.74) is 0.650. The number of hydrogen-bond donors (Lipinski definition) is 1. The number of aryl methyl sites for hydroxylation is 1. The largest absolute Gasteiger partial charge is 0.396 e. The van der Waals surface area contributed by atoms with Crippen LogP contribution in [0.5, 0.6) is 0 Å². The van der Waals surface area contributed by atoms with Gasteiger partial charge >= 0.3 is 0 Å².